The second-order valence-electron chi connectivity index (χ2n) is 24.7. The largest absolute Gasteiger partial charge is 0.504 e. The predicted octanol–water partition coefficient (Wildman–Crippen LogP) is 18.9. The molecule has 0 radical (unpaired) electrons. The first-order chi connectivity index (χ1) is 49.2. The van der Waals surface area contributed by atoms with Crippen LogP contribution in [0.5, 0.6) is 0 Å². The van der Waals surface area contributed by atoms with Crippen LogP contribution in [0.25, 0.3) is 46.9 Å². The molecule has 0 bridgehead atoms. The van der Waals surface area contributed by atoms with Gasteiger partial charge in [-0.1, -0.05) is 98.0 Å². The Bertz CT molecular complexity index is 4880. The predicted molar refractivity (Wildman–Crippen MR) is 416 cm³/mol. The number of rotatable bonds is 11. The van der Waals surface area contributed by atoms with Crippen LogP contribution >= 0.6 is 81.2 Å². The van der Waals surface area contributed by atoms with E-state index in [0.29, 0.717) is 68.0 Å². The van der Waals surface area contributed by atoms with Gasteiger partial charge in [0, 0.05) is 103 Å². The summed E-state index contributed by atoms with van der Waals surface area (Å²) in [5.74, 6) is -1.04. The number of allylic oxidation sites excluding steroid dienone is 4. The van der Waals surface area contributed by atoms with Gasteiger partial charge in [0.15, 0.2) is 6.29 Å². The van der Waals surface area contributed by atoms with Crippen molar-refractivity contribution in [1.29, 1.82) is 0 Å². The highest BCUT2D eigenvalue weighted by molar-refractivity contribution is 6.33. The number of methoxy groups -OCH3 is 3. The molecule has 12 rings (SSSR count). The van der Waals surface area contributed by atoms with Gasteiger partial charge in [-0.3, -0.25) is 9.59 Å². The van der Waals surface area contributed by atoms with Crippen LogP contribution in [0.1, 0.15) is 157 Å². The van der Waals surface area contributed by atoms with Gasteiger partial charge in [0.2, 0.25) is 0 Å². The lowest BCUT2D eigenvalue weighted by atomic mass is 10.0. The molecule has 5 aliphatic carbocycles. The Labute approximate surface area is 640 Å². The van der Waals surface area contributed by atoms with E-state index >= 15 is 0 Å². The number of aldehydes is 3. The number of esters is 2. The highest BCUT2D eigenvalue weighted by atomic mass is 35.5. The number of carbonyl (C=O) groups excluding carboxylic acids is 5. The molecular formula is C78H79Cl7N10O9. The van der Waals surface area contributed by atoms with Crippen molar-refractivity contribution in [2.24, 2.45) is 5.11 Å². The van der Waals surface area contributed by atoms with Crippen molar-refractivity contribution >= 4 is 148 Å². The van der Waals surface area contributed by atoms with E-state index in [1.165, 1.54) is 59.2 Å². The molecule has 5 aliphatic rings. The van der Waals surface area contributed by atoms with Crippen molar-refractivity contribution in [3.05, 3.63) is 250 Å². The minimum Gasteiger partial charge on any atom is -0.504 e. The van der Waals surface area contributed by atoms with Gasteiger partial charge in [-0.05, 0) is 254 Å². The van der Waals surface area contributed by atoms with Crippen molar-refractivity contribution in [2.45, 2.75) is 135 Å². The number of azide groups is 1. The smallest absolute Gasteiger partial charge is 0.340 e. The van der Waals surface area contributed by atoms with Gasteiger partial charge in [-0.2, -0.15) is 0 Å². The zero-order valence-corrected chi connectivity index (χ0v) is 66.1. The summed E-state index contributed by atoms with van der Waals surface area (Å²) in [6.07, 6.45) is 21.4. The van der Waals surface area contributed by atoms with Gasteiger partial charge >= 0.3 is 11.9 Å². The quantitative estimate of drug-likeness (QED) is 0.0184. The number of fused-ring (bicyclic) bond motifs is 5. The lowest BCUT2D eigenvalue weighted by Gasteiger charge is -2.08. The number of aliphatic hydroxyl groups is 1. The van der Waals surface area contributed by atoms with E-state index in [1.54, 1.807) is 31.6 Å². The van der Waals surface area contributed by atoms with Crippen molar-refractivity contribution in [2.75, 3.05) is 27.9 Å². The van der Waals surface area contributed by atoms with E-state index in [9.17, 15) is 24.0 Å². The molecule has 0 aliphatic heterocycles. The average Bonchev–Trinajstić information content (AvgIpc) is 1.67. The summed E-state index contributed by atoms with van der Waals surface area (Å²) in [7, 11) is 4.22. The molecule has 0 unspecified atom stereocenters. The Hall–Kier alpha value is -8.72. The zero-order valence-electron chi connectivity index (χ0n) is 60.8. The Morgan fingerprint density at radius 1 is 0.481 bits per heavy atom. The molecule has 7 aromatic rings. The second kappa shape index (κ2) is 38.3. The zero-order chi connectivity index (χ0) is 77.3. The number of aryl methyl sites for hydroxylation is 9. The minimum absolute atomic E-state index is 0.101. The van der Waals surface area contributed by atoms with Gasteiger partial charge in [0.05, 0.1) is 39.8 Å². The summed E-state index contributed by atoms with van der Waals surface area (Å²) in [5.41, 5.74) is 38.8. The number of aromatic nitrogens is 7. The first-order valence-electron chi connectivity index (χ1n) is 32.3. The molecule has 7 aromatic heterocycles. The summed E-state index contributed by atoms with van der Waals surface area (Å²) in [6, 6.07) is 3.48. The van der Waals surface area contributed by atoms with E-state index in [1.807, 2.05) is 107 Å². The number of hydrogen-bond donors (Lipinski definition) is 1. The van der Waals surface area contributed by atoms with Crippen molar-refractivity contribution in [3.63, 3.8) is 0 Å². The van der Waals surface area contributed by atoms with Crippen LogP contribution < -0.4 is 0 Å². The monoisotopic (exact) mass is 1540 g/mol. The molecule has 7 heterocycles. The molecule has 1 N–H and O–H groups in total. The van der Waals surface area contributed by atoms with Crippen LogP contribution in [0.15, 0.2) is 63.1 Å². The number of aliphatic hydroxyl groups excluding tert-OH is 1. The number of ether oxygens (including phenoxy) is 3. The van der Waals surface area contributed by atoms with Gasteiger partial charge in [0.25, 0.3) is 0 Å². The highest BCUT2D eigenvalue weighted by Crippen LogP contribution is 2.38. The van der Waals surface area contributed by atoms with Crippen LogP contribution in [0.3, 0.4) is 0 Å². The Kier molecular flexibility index (Phi) is 31.0. The van der Waals surface area contributed by atoms with E-state index in [4.69, 9.17) is 101 Å². The fraction of sp³-hybridized carbons (Fsp3) is 0.308. The fourth-order valence-electron chi connectivity index (χ4n) is 11.3. The maximum Gasteiger partial charge on any atom is 0.340 e. The van der Waals surface area contributed by atoms with Gasteiger partial charge < -0.3 is 24.1 Å². The Balaban J connectivity index is 0.000000191. The second-order valence-corrected chi connectivity index (χ2v) is 27.2. The van der Waals surface area contributed by atoms with Crippen LogP contribution in [0.2, 0.25) is 36.1 Å². The van der Waals surface area contributed by atoms with Crippen molar-refractivity contribution < 1.29 is 43.3 Å². The summed E-state index contributed by atoms with van der Waals surface area (Å²) >= 11 is 41.9. The third-order valence-electron chi connectivity index (χ3n) is 18.1. The molecule has 26 heteroatoms. The summed E-state index contributed by atoms with van der Waals surface area (Å²) in [5, 5.41) is 15.5. The highest BCUT2D eigenvalue weighted by Gasteiger charge is 2.26. The van der Waals surface area contributed by atoms with Gasteiger partial charge in [0.1, 0.15) is 54.3 Å². The summed E-state index contributed by atoms with van der Waals surface area (Å²) < 4.78 is 14.1. The number of carbonyl (C=O) groups is 5. The first kappa shape index (κ1) is 84.2. The molecule has 544 valence electrons. The number of nitrogens with zero attached hydrogens (tertiary/aromatic N) is 10. The molecule has 0 amide bonds. The average molecular weight is 1550 g/mol. The number of pyridine rings is 7. The molecule has 0 saturated carbocycles. The Morgan fingerprint density at radius 2 is 0.856 bits per heavy atom. The topological polar surface area (TPSA) is 272 Å². The molecule has 0 fully saturated rings. The minimum atomic E-state index is -0.734. The standard InChI is InChI=1S/C13H14ClNO.C12H12ClNO2.C12H12ClNO.C11H11ClN4O2.C11H12ClNO.C11H10ClNO.C8H8ClNO/c1-8-9(2)15-13(14)12-7-10(4-5-16-3)6-11(8)12;1-6-7(2)14-11(13)10-5-8(4-9(6)10)12(15)16-3;1-7-8(2)14-12(13)11-6-9(3-4-15)5-10(7)11;1-6-4-8(10(12)14-7(6)2)5-9(15-16-13)11(17)18-3;2*1-6-7(2)13-11(12)10-4-8(5-14)3-9(6)10;1-5-3-7(4-11)8(9)10-6(5)2/h4-5,7H,6H2,1-3H3;5H,4H2,1-3H3;4,6H,3,5H2,1-2H3;4-5H,1-3H3;4,14H,3,5H2,1-2H3;4-5H,3H2,1-2H3;3-4H,1-2H3/b;;;9-5-;;;. The van der Waals surface area contributed by atoms with Crippen molar-refractivity contribution in [3.8, 4) is 0 Å². The molecule has 104 heavy (non-hydrogen) atoms. The van der Waals surface area contributed by atoms with Gasteiger partial charge in [-0.25, -0.2) is 44.5 Å². The molecule has 0 saturated heterocycles. The molecular weight excluding hydrogens is 1470 g/mol. The van der Waals surface area contributed by atoms with Gasteiger partial charge in [-0.15, -0.1) is 0 Å². The van der Waals surface area contributed by atoms with Crippen LogP contribution in [0, 0.1) is 96.9 Å². The SMILES string of the molecule is COC(=O)/C(=C/c1cc(C)c(C)nc1Cl)N=[N+]=[N-].COC(=O)C1=Cc2c(Cl)nc(C)c(C)c2C1.COC=CC1=Cc2c(Cl)nc(C)c(C)c2C1.Cc1cc(C=O)c(Cl)nc1C.Cc1nc(Cl)c2c(c1C)CC(C=O)=C2.Cc1nc(Cl)c2c(c1C)CC(CC=O)=C2.Cc1nc(Cl)c2c(c1C)CC(CO)=C2. The summed E-state index contributed by atoms with van der Waals surface area (Å²) in [6.45, 7) is 27.5. The third kappa shape index (κ3) is 20.8. The van der Waals surface area contributed by atoms with Crippen LogP contribution in [0.4, 0.5) is 0 Å². The van der Waals surface area contributed by atoms with Crippen LogP contribution in [-0.2, 0) is 65.5 Å². The molecule has 19 nitrogen and oxygen atoms in total. The normalized spacial score (nSPS) is 12.9. The number of halogens is 7. The molecule has 0 spiro atoms. The van der Waals surface area contributed by atoms with Crippen LogP contribution in [-0.4, -0.2) is 98.7 Å². The maximum atomic E-state index is 11.4. The summed E-state index contributed by atoms with van der Waals surface area (Å²) in [4.78, 5) is 86.2. The lowest BCUT2D eigenvalue weighted by Crippen LogP contribution is -2.05. The molecule has 0 atom stereocenters. The lowest BCUT2D eigenvalue weighted by molar-refractivity contribution is -0.136. The fourth-order valence-corrected chi connectivity index (χ4v) is 13.2. The third-order valence-corrected chi connectivity index (χ3v) is 20.1. The first-order valence-corrected chi connectivity index (χ1v) is 35.0. The van der Waals surface area contributed by atoms with E-state index < -0.39 is 5.97 Å². The Morgan fingerprint density at radius 3 is 1.26 bits per heavy atom. The van der Waals surface area contributed by atoms with E-state index in [-0.39, 0.29) is 28.6 Å². The van der Waals surface area contributed by atoms with Crippen molar-refractivity contribution in [1.82, 2.24) is 34.9 Å². The van der Waals surface area contributed by atoms with E-state index in [0.717, 1.165) is 150 Å². The maximum absolute atomic E-state index is 11.4. The van der Waals surface area contributed by atoms with E-state index in [2.05, 4.69) is 69.6 Å². The number of hydrogen-bond acceptors (Lipinski definition) is 17. The molecule has 0 aromatic carbocycles.